The summed E-state index contributed by atoms with van der Waals surface area (Å²) in [5, 5.41) is -2.49. The SMILES string of the molecule is O=S(=O)(Cl)C(c1cc2ccccc2o1)C(F)(F)F. The zero-order chi connectivity index (χ0) is 13.6. The van der Waals surface area contributed by atoms with Crippen molar-refractivity contribution in [2.75, 3.05) is 0 Å². The Balaban J connectivity index is 2.63. The van der Waals surface area contributed by atoms with Crippen LogP contribution < -0.4 is 0 Å². The minimum Gasteiger partial charge on any atom is -0.459 e. The molecule has 2 aromatic rings. The van der Waals surface area contributed by atoms with Crippen LogP contribution in [0.1, 0.15) is 11.0 Å². The Labute approximate surface area is 105 Å². The molecule has 0 radical (unpaired) electrons. The summed E-state index contributed by atoms with van der Waals surface area (Å²) in [4.78, 5) is 0. The number of alkyl halides is 3. The second-order valence-corrected chi connectivity index (χ2v) is 6.30. The first-order chi connectivity index (χ1) is 8.19. The van der Waals surface area contributed by atoms with Gasteiger partial charge in [-0.2, -0.15) is 13.2 Å². The maximum Gasteiger partial charge on any atom is 0.413 e. The van der Waals surface area contributed by atoms with Crippen LogP contribution in [0.2, 0.25) is 0 Å². The van der Waals surface area contributed by atoms with E-state index >= 15 is 0 Å². The second-order valence-electron chi connectivity index (χ2n) is 3.58. The van der Waals surface area contributed by atoms with E-state index in [0.29, 0.717) is 5.39 Å². The molecule has 1 heterocycles. The molecule has 0 saturated carbocycles. The van der Waals surface area contributed by atoms with E-state index in [1.54, 1.807) is 12.1 Å². The van der Waals surface area contributed by atoms with Gasteiger partial charge in [0, 0.05) is 16.1 Å². The van der Waals surface area contributed by atoms with E-state index in [1.807, 2.05) is 0 Å². The van der Waals surface area contributed by atoms with E-state index in [9.17, 15) is 21.6 Å². The van der Waals surface area contributed by atoms with E-state index in [4.69, 9.17) is 15.1 Å². The zero-order valence-electron chi connectivity index (χ0n) is 8.61. The smallest absolute Gasteiger partial charge is 0.413 e. The molecular weight excluding hydrogens is 293 g/mol. The molecule has 1 aromatic heterocycles. The van der Waals surface area contributed by atoms with Gasteiger partial charge in [0.2, 0.25) is 5.25 Å². The third kappa shape index (κ3) is 2.46. The summed E-state index contributed by atoms with van der Waals surface area (Å²) >= 11 is 0. The minimum atomic E-state index is -5.03. The Kier molecular flexibility index (Phi) is 3.06. The first-order valence-corrected chi connectivity index (χ1v) is 7.05. The van der Waals surface area contributed by atoms with Gasteiger partial charge in [-0.25, -0.2) is 8.42 Å². The number of hydrogen-bond acceptors (Lipinski definition) is 3. The Morgan fingerprint density at radius 1 is 1.22 bits per heavy atom. The molecule has 1 unspecified atom stereocenters. The number of halogens is 4. The monoisotopic (exact) mass is 298 g/mol. The fourth-order valence-corrected chi connectivity index (χ4v) is 2.87. The normalized spacial score (nSPS) is 14.9. The number of benzene rings is 1. The Morgan fingerprint density at radius 3 is 2.33 bits per heavy atom. The summed E-state index contributed by atoms with van der Waals surface area (Å²) in [5.41, 5.74) is 0.169. The van der Waals surface area contributed by atoms with Crippen LogP contribution >= 0.6 is 10.7 Å². The maximum atomic E-state index is 12.7. The first-order valence-electron chi connectivity index (χ1n) is 4.68. The lowest BCUT2D eigenvalue weighted by Gasteiger charge is -2.14. The van der Waals surface area contributed by atoms with Crippen molar-refractivity contribution in [1.82, 2.24) is 0 Å². The topological polar surface area (TPSA) is 47.3 Å². The molecule has 1 atom stereocenters. The van der Waals surface area contributed by atoms with Crippen molar-refractivity contribution < 1.29 is 26.0 Å². The molecule has 0 spiro atoms. The van der Waals surface area contributed by atoms with Gasteiger partial charge in [0.05, 0.1) is 0 Å². The predicted octanol–water partition coefficient (Wildman–Crippen LogP) is 3.60. The minimum absolute atomic E-state index is 0.169. The Bertz CT molecular complexity index is 642. The zero-order valence-corrected chi connectivity index (χ0v) is 10.2. The van der Waals surface area contributed by atoms with Gasteiger partial charge in [-0.05, 0) is 12.1 Å². The highest BCUT2D eigenvalue weighted by atomic mass is 35.7. The van der Waals surface area contributed by atoms with Crippen molar-refractivity contribution in [3.8, 4) is 0 Å². The highest BCUT2D eigenvalue weighted by Gasteiger charge is 2.51. The highest BCUT2D eigenvalue weighted by molar-refractivity contribution is 8.14. The van der Waals surface area contributed by atoms with Gasteiger partial charge in [0.15, 0.2) is 0 Å². The first kappa shape index (κ1) is 13.2. The average molecular weight is 299 g/mol. The third-order valence-corrected chi connectivity index (χ3v) is 3.88. The lowest BCUT2D eigenvalue weighted by atomic mass is 10.2. The molecule has 0 aliphatic rings. The highest BCUT2D eigenvalue weighted by Crippen LogP contribution is 2.42. The van der Waals surface area contributed by atoms with Crippen LogP contribution in [0.4, 0.5) is 13.2 Å². The lowest BCUT2D eigenvalue weighted by Crippen LogP contribution is -2.25. The van der Waals surface area contributed by atoms with Crippen molar-refractivity contribution in [3.63, 3.8) is 0 Å². The quantitative estimate of drug-likeness (QED) is 0.796. The molecule has 18 heavy (non-hydrogen) atoms. The number of rotatable bonds is 2. The van der Waals surface area contributed by atoms with Crippen LogP contribution in [0.15, 0.2) is 34.7 Å². The van der Waals surface area contributed by atoms with Gasteiger partial charge in [0.25, 0.3) is 9.05 Å². The number of fused-ring (bicyclic) bond motifs is 1. The Hall–Kier alpha value is -1.21. The number of para-hydroxylation sites is 1. The lowest BCUT2D eigenvalue weighted by molar-refractivity contribution is -0.133. The van der Waals surface area contributed by atoms with E-state index in [1.165, 1.54) is 12.1 Å². The molecule has 1 aromatic carbocycles. The Morgan fingerprint density at radius 2 is 1.83 bits per heavy atom. The third-order valence-electron chi connectivity index (χ3n) is 2.28. The molecule has 0 N–H and O–H groups in total. The van der Waals surface area contributed by atoms with Gasteiger partial charge < -0.3 is 4.42 Å². The summed E-state index contributed by atoms with van der Waals surface area (Å²) < 4.78 is 65.1. The van der Waals surface area contributed by atoms with Crippen molar-refractivity contribution >= 4 is 30.7 Å². The van der Waals surface area contributed by atoms with E-state index in [0.717, 1.165) is 6.07 Å². The van der Waals surface area contributed by atoms with Crippen molar-refractivity contribution in [1.29, 1.82) is 0 Å². The van der Waals surface area contributed by atoms with Crippen LogP contribution in [0.25, 0.3) is 11.0 Å². The van der Waals surface area contributed by atoms with Crippen molar-refractivity contribution in [2.24, 2.45) is 0 Å². The van der Waals surface area contributed by atoms with Gasteiger partial charge in [-0.1, -0.05) is 18.2 Å². The van der Waals surface area contributed by atoms with Crippen LogP contribution in [0.5, 0.6) is 0 Å². The van der Waals surface area contributed by atoms with Gasteiger partial charge in [-0.3, -0.25) is 0 Å². The van der Waals surface area contributed by atoms with Crippen LogP contribution in [0.3, 0.4) is 0 Å². The molecule has 0 bridgehead atoms. The fourth-order valence-electron chi connectivity index (χ4n) is 1.59. The molecule has 0 amide bonds. The molecular formula is C10H6ClF3O3S. The molecule has 98 valence electrons. The maximum absolute atomic E-state index is 12.7. The fraction of sp³-hybridized carbons (Fsp3) is 0.200. The predicted molar refractivity (Wildman–Crippen MR) is 59.8 cm³/mol. The van der Waals surface area contributed by atoms with Gasteiger partial charge in [-0.15, -0.1) is 0 Å². The summed E-state index contributed by atoms with van der Waals surface area (Å²) in [6.45, 7) is 0. The van der Waals surface area contributed by atoms with Crippen molar-refractivity contribution in [3.05, 3.63) is 36.1 Å². The summed E-state index contributed by atoms with van der Waals surface area (Å²) in [6, 6.07) is 7.13. The summed E-state index contributed by atoms with van der Waals surface area (Å²) in [6.07, 6.45) is -5.03. The largest absolute Gasteiger partial charge is 0.459 e. The number of hydrogen-bond donors (Lipinski definition) is 0. The van der Waals surface area contributed by atoms with Gasteiger partial charge in [0.1, 0.15) is 11.3 Å². The van der Waals surface area contributed by atoms with Gasteiger partial charge >= 0.3 is 6.18 Å². The second kappa shape index (κ2) is 4.17. The average Bonchev–Trinajstić information content (AvgIpc) is 2.54. The van der Waals surface area contributed by atoms with Crippen LogP contribution in [-0.2, 0) is 9.05 Å². The van der Waals surface area contributed by atoms with Crippen LogP contribution in [-0.4, -0.2) is 14.6 Å². The molecule has 0 aliphatic carbocycles. The molecule has 2 rings (SSSR count). The van der Waals surface area contributed by atoms with E-state index in [-0.39, 0.29) is 5.58 Å². The van der Waals surface area contributed by atoms with Crippen molar-refractivity contribution in [2.45, 2.75) is 11.4 Å². The van der Waals surface area contributed by atoms with Crippen LogP contribution in [0, 0.1) is 0 Å². The van der Waals surface area contributed by atoms with E-state index in [2.05, 4.69) is 0 Å². The molecule has 0 fully saturated rings. The molecule has 8 heteroatoms. The molecule has 0 saturated heterocycles. The number of furan rings is 1. The summed E-state index contributed by atoms with van der Waals surface area (Å²) in [5.74, 6) is -0.737. The summed E-state index contributed by atoms with van der Waals surface area (Å²) in [7, 11) is -0.0317. The molecule has 0 aliphatic heterocycles. The molecule has 3 nitrogen and oxygen atoms in total. The standard InChI is InChI=1S/C10H6ClF3O3S/c11-18(15,16)9(10(12,13)14)8-5-6-3-1-2-4-7(6)17-8/h1-5,9H. The van der Waals surface area contributed by atoms with E-state index < -0.39 is 26.2 Å².